The van der Waals surface area contributed by atoms with Gasteiger partial charge in [-0.1, -0.05) is 6.42 Å². The van der Waals surface area contributed by atoms with E-state index in [1.165, 1.54) is 19.3 Å². The van der Waals surface area contributed by atoms with Crippen molar-refractivity contribution < 1.29 is 9.53 Å². The summed E-state index contributed by atoms with van der Waals surface area (Å²) in [5, 5.41) is 12.2. The Bertz CT molecular complexity index is 680. The van der Waals surface area contributed by atoms with Crippen LogP contribution in [0.3, 0.4) is 0 Å². The minimum atomic E-state index is -0.221. The topological polar surface area (TPSA) is 87.9 Å². The number of nitrogens with zero attached hydrogens (tertiary/aromatic N) is 6. The Morgan fingerprint density at radius 3 is 2.62 bits per heavy atom. The lowest BCUT2D eigenvalue weighted by Gasteiger charge is -2.35. The first kappa shape index (κ1) is 21.4. The second kappa shape index (κ2) is 11.0. The molecule has 1 N–H and O–H groups in total. The van der Waals surface area contributed by atoms with E-state index in [9.17, 15) is 4.79 Å². The molecule has 0 aromatic carbocycles. The number of ether oxygens (including phenoxy) is 1. The first-order chi connectivity index (χ1) is 14.2. The molecule has 2 aliphatic rings. The molecule has 0 spiro atoms. The third-order valence-electron chi connectivity index (χ3n) is 5.45. The van der Waals surface area contributed by atoms with Gasteiger partial charge in [-0.25, -0.2) is 4.79 Å². The van der Waals surface area contributed by atoms with Gasteiger partial charge >= 0.3 is 6.09 Å². The fourth-order valence-electron chi connectivity index (χ4n) is 3.89. The number of aryl methyl sites for hydroxylation is 2. The summed E-state index contributed by atoms with van der Waals surface area (Å²) in [6.07, 6.45) is 6.41. The van der Waals surface area contributed by atoms with E-state index in [0.717, 1.165) is 69.6 Å². The number of amides is 1. The monoisotopic (exact) mass is 405 g/mol. The minimum Gasteiger partial charge on any atom is -0.450 e. The van der Waals surface area contributed by atoms with E-state index in [1.54, 1.807) is 4.90 Å². The number of carbonyl (C=O) groups excluding carboxylic acids is 1. The zero-order chi connectivity index (χ0) is 20.5. The standard InChI is InChI=1S/C20H35N7O2/c1-3-21-19(25-13-15-26(16-14-25)20(28)29-4-2)22-11-8-10-18-24-23-17-9-6-5-7-12-27(17)18/h3-16H2,1-2H3,(H,21,22). The molecule has 3 rings (SSSR count). The van der Waals surface area contributed by atoms with Crippen LogP contribution in [0.1, 0.15) is 51.2 Å². The van der Waals surface area contributed by atoms with Crippen molar-refractivity contribution in [2.24, 2.45) is 4.99 Å². The highest BCUT2D eigenvalue weighted by Crippen LogP contribution is 2.15. The van der Waals surface area contributed by atoms with Gasteiger partial charge in [-0.3, -0.25) is 4.99 Å². The van der Waals surface area contributed by atoms with Crippen LogP contribution in [-0.4, -0.2) is 82.5 Å². The molecule has 0 unspecified atom stereocenters. The Kier molecular flexibility index (Phi) is 8.13. The maximum atomic E-state index is 11.9. The highest BCUT2D eigenvalue weighted by molar-refractivity contribution is 5.80. The predicted molar refractivity (Wildman–Crippen MR) is 112 cm³/mol. The average Bonchev–Trinajstić information content (AvgIpc) is 2.96. The van der Waals surface area contributed by atoms with Gasteiger partial charge in [-0.15, -0.1) is 10.2 Å². The van der Waals surface area contributed by atoms with Crippen LogP contribution in [0.15, 0.2) is 4.99 Å². The Labute approximate surface area is 173 Å². The highest BCUT2D eigenvalue weighted by Gasteiger charge is 2.23. The number of aliphatic imine (C=N–C) groups is 1. The first-order valence-corrected chi connectivity index (χ1v) is 11.1. The van der Waals surface area contributed by atoms with Crippen molar-refractivity contribution >= 4 is 12.1 Å². The van der Waals surface area contributed by atoms with Crippen LogP contribution in [0, 0.1) is 0 Å². The molecule has 2 aliphatic heterocycles. The summed E-state index contributed by atoms with van der Waals surface area (Å²) in [7, 11) is 0. The van der Waals surface area contributed by atoms with Crippen LogP contribution in [-0.2, 0) is 24.1 Å². The van der Waals surface area contributed by atoms with Crippen molar-refractivity contribution in [1.82, 2.24) is 29.9 Å². The summed E-state index contributed by atoms with van der Waals surface area (Å²) in [5.74, 6) is 3.18. The molecule has 0 saturated carbocycles. The van der Waals surface area contributed by atoms with Gasteiger partial charge in [0.1, 0.15) is 11.6 Å². The molecule has 0 radical (unpaired) electrons. The fourth-order valence-corrected chi connectivity index (χ4v) is 3.89. The van der Waals surface area contributed by atoms with E-state index >= 15 is 0 Å². The maximum absolute atomic E-state index is 11.9. The van der Waals surface area contributed by atoms with Crippen molar-refractivity contribution in [3.8, 4) is 0 Å². The summed E-state index contributed by atoms with van der Waals surface area (Å²) < 4.78 is 7.41. The molecule has 0 atom stereocenters. The van der Waals surface area contributed by atoms with Crippen LogP contribution in [0.4, 0.5) is 4.79 Å². The molecule has 29 heavy (non-hydrogen) atoms. The number of guanidine groups is 1. The lowest BCUT2D eigenvalue weighted by atomic mass is 10.2. The van der Waals surface area contributed by atoms with Crippen molar-refractivity contribution in [2.75, 3.05) is 45.9 Å². The van der Waals surface area contributed by atoms with Crippen molar-refractivity contribution in [2.45, 2.75) is 58.9 Å². The van der Waals surface area contributed by atoms with Gasteiger partial charge in [0.05, 0.1) is 6.61 Å². The number of aromatic nitrogens is 3. The van der Waals surface area contributed by atoms with E-state index in [2.05, 4.69) is 31.9 Å². The Hall–Kier alpha value is -2.32. The minimum absolute atomic E-state index is 0.221. The Morgan fingerprint density at radius 2 is 1.86 bits per heavy atom. The molecule has 3 heterocycles. The number of hydrogen-bond donors (Lipinski definition) is 1. The first-order valence-electron chi connectivity index (χ1n) is 11.1. The van der Waals surface area contributed by atoms with Gasteiger partial charge in [0.2, 0.25) is 0 Å². The summed E-state index contributed by atoms with van der Waals surface area (Å²) >= 11 is 0. The van der Waals surface area contributed by atoms with Crippen LogP contribution in [0.25, 0.3) is 0 Å². The zero-order valence-electron chi connectivity index (χ0n) is 17.9. The number of fused-ring (bicyclic) bond motifs is 1. The SMILES string of the molecule is CCNC(=NCCCc1nnc2n1CCCCC2)N1CCN(C(=O)OCC)CC1. The molecule has 0 bridgehead atoms. The normalized spacial score (nSPS) is 17.7. The number of rotatable bonds is 6. The molecule has 9 heteroatoms. The summed E-state index contributed by atoms with van der Waals surface area (Å²) in [5.41, 5.74) is 0. The Morgan fingerprint density at radius 1 is 1.07 bits per heavy atom. The third-order valence-corrected chi connectivity index (χ3v) is 5.45. The highest BCUT2D eigenvalue weighted by atomic mass is 16.6. The van der Waals surface area contributed by atoms with Crippen LogP contribution in [0.2, 0.25) is 0 Å². The quantitative estimate of drug-likeness (QED) is 0.440. The van der Waals surface area contributed by atoms with Gasteiger partial charge in [0.25, 0.3) is 0 Å². The van der Waals surface area contributed by atoms with Crippen molar-refractivity contribution in [3.05, 3.63) is 11.6 Å². The fraction of sp³-hybridized carbons (Fsp3) is 0.800. The molecule has 9 nitrogen and oxygen atoms in total. The Balaban J connectivity index is 1.49. The third kappa shape index (κ3) is 5.83. The molecular weight excluding hydrogens is 370 g/mol. The number of carbonyl (C=O) groups is 1. The molecular formula is C20H35N7O2. The zero-order valence-corrected chi connectivity index (χ0v) is 17.9. The van der Waals surface area contributed by atoms with Crippen LogP contribution in [0.5, 0.6) is 0 Å². The molecule has 1 saturated heterocycles. The molecule has 1 amide bonds. The van der Waals surface area contributed by atoms with Crippen LogP contribution >= 0.6 is 0 Å². The van der Waals surface area contributed by atoms with Gasteiger partial charge in [-0.05, 0) is 33.1 Å². The number of hydrogen-bond acceptors (Lipinski definition) is 5. The van der Waals surface area contributed by atoms with Gasteiger partial charge < -0.3 is 24.4 Å². The van der Waals surface area contributed by atoms with Crippen molar-refractivity contribution in [3.63, 3.8) is 0 Å². The average molecular weight is 406 g/mol. The smallest absolute Gasteiger partial charge is 0.409 e. The molecule has 0 aliphatic carbocycles. The van der Waals surface area contributed by atoms with E-state index < -0.39 is 0 Å². The molecule has 1 aromatic rings. The van der Waals surface area contributed by atoms with Gasteiger partial charge in [0.15, 0.2) is 5.96 Å². The summed E-state index contributed by atoms with van der Waals surface area (Å²) in [6, 6.07) is 0. The van der Waals surface area contributed by atoms with Crippen molar-refractivity contribution in [1.29, 1.82) is 0 Å². The number of nitrogens with one attached hydrogen (secondary N) is 1. The second-order valence-electron chi connectivity index (χ2n) is 7.51. The largest absolute Gasteiger partial charge is 0.450 e. The predicted octanol–water partition coefficient (Wildman–Crippen LogP) is 1.68. The van der Waals surface area contributed by atoms with E-state index in [1.807, 2.05) is 6.92 Å². The molecule has 1 aromatic heterocycles. The van der Waals surface area contributed by atoms with E-state index in [0.29, 0.717) is 19.7 Å². The van der Waals surface area contributed by atoms with E-state index in [4.69, 9.17) is 9.73 Å². The summed E-state index contributed by atoms with van der Waals surface area (Å²) in [6.45, 7) is 9.82. The summed E-state index contributed by atoms with van der Waals surface area (Å²) in [4.78, 5) is 20.7. The van der Waals surface area contributed by atoms with E-state index in [-0.39, 0.29) is 6.09 Å². The maximum Gasteiger partial charge on any atom is 0.409 e. The molecule has 162 valence electrons. The van der Waals surface area contributed by atoms with Gasteiger partial charge in [0, 0.05) is 58.7 Å². The van der Waals surface area contributed by atoms with Gasteiger partial charge in [-0.2, -0.15) is 0 Å². The lowest BCUT2D eigenvalue weighted by molar-refractivity contribution is 0.0914. The second-order valence-corrected chi connectivity index (χ2v) is 7.51. The lowest BCUT2D eigenvalue weighted by Crippen LogP contribution is -2.53. The van der Waals surface area contributed by atoms with Crippen LogP contribution < -0.4 is 5.32 Å². The number of piperazine rings is 1. The molecule has 1 fully saturated rings.